The smallest absolute Gasteiger partial charge is 0.306 e. The molecule has 67 heavy (non-hydrogen) atoms. The second-order valence-corrected chi connectivity index (χ2v) is 18.8. The maximum absolute atomic E-state index is 12.8. The first kappa shape index (κ1) is 63.8. The molecule has 0 saturated carbocycles. The van der Waals surface area contributed by atoms with Gasteiger partial charge in [0.2, 0.25) is 0 Å². The van der Waals surface area contributed by atoms with E-state index in [1.54, 1.807) is 0 Å². The molecule has 0 radical (unpaired) electrons. The molecule has 0 bridgehead atoms. The van der Waals surface area contributed by atoms with Crippen molar-refractivity contribution in [2.75, 3.05) is 13.2 Å². The monoisotopic (exact) mass is 935 g/mol. The summed E-state index contributed by atoms with van der Waals surface area (Å²) in [4.78, 5) is 38.1. The van der Waals surface area contributed by atoms with Gasteiger partial charge in [-0.15, -0.1) is 0 Å². The van der Waals surface area contributed by atoms with Gasteiger partial charge in [0.25, 0.3) is 0 Å². The molecule has 6 heteroatoms. The zero-order valence-electron chi connectivity index (χ0n) is 44.2. The molecule has 0 aromatic heterocycles. The molecule has 0 saturated heterocycles. The number of hydrogen-bond acceptors (Lipinski definition) is 6. The van der Waals surface area contributed by atoms with Gasteiger partial charge in [-0.2, -0.15) is 0 Å². The number of ether oxygens (including phenoxy) is 3. The van der Waals surface area contributed by atoms with Gasteiger partial charge < -0.3 is 14.2 Å². The normalized spacial score (nSPS) is 12.6. The highest BCUT2D eigenvalue weighted by Crippen LogP contribution is 2.15. The summed E-state index contributed by atoms with van der Waals surface area (Å²) in [6.07, 6.45) is 70.3. The molecule has 0 aromatic rings. The Bertz CT molecular complexity index is 1260. The van der Waals surface area contributed by atoms with Crippen molar-refractivity contribution in [3.8, 4) is 0 Å². The summed E-state index contributed by atoms with van der Waals surface area (Å²) < 4.78 is 16.8. The zero-order chi connectivity index (χ0) is 48.6. The van der Waals surface area contributed by atoms with E-state index in [2.05, 4.69) is 93.7 Å². The first-order valence-electron chi connectivity index (χ1n) is 28.4. The van der Waals surface area contributed by atoms with Crippen molar-refractivity contribution in [3.63, 3.8) is 0 Å². The Balaban J connectivity index is 4.36. The SMILES string of the molecule is CC/C=C\C/C=C\C/C=C\C/C=C\CCCCCCCCC(=O)OCC(COC(=O)CCCCCCC/C=C\CCCC)OC(=O)CCCCCCCCCCC/C=C\CCCCCCCC. The summed E-state index contributed by atoms with van der Waals surface area (Å²) in [6.45, 7) is 6.48. The van der Waals surface area contributed by atoms with Gasteiger partial charge in [0.1, 0.15) is 13.2 Å². The van der Waals surface area contributed by atoms with Crippen LogP contribution in [0.2, 0.25) is 0 Å². The Hall–Kier alpha value is -3.15. The van der Waals surface area contributed by atoms with E-state index >= 15 is 0 Å². The summed E-state index contributed by atoms with van der Waals surface area (Å²) in [6, 6.07) is 0. The average molecular weight is 936 g/mol. The van der Waals surface area contributed by atoms with E-state index in [0.717, 1.165) is 96.3 Å². The van der Waals surface area contributed by atoms with Crippen LogP contribution in [0.3, 0.4) is 0 Å². The highest BCUT2D eigenvalue weighted by Gasteiger charge is 2.19. The number of rotatable bonds is 51. The molecule has 0 aliphatic heterocycles. The lowest BCUT2D eigenvalue weighted by Gasteiger charge is -2.18. The number of hydrogen-bond donors (Lipinski definition) is 0. The predicted molar refractivity (Wildman–Crippen MR) is 288 cm³/mol. The maximum Gasteiger partial charge on any atom is 0.306 e. The maximum atomic E-state index is 12.8. The molecule has 0 heterocycles. The fraction of sp³-hybridized carbons (Fsp3) is 0.754. The van der Waals surface area contributed by atoms with E-state index in [9.17, 15) is 14.4 Å². The molecular weight excluding hydrogens is 829 g/mol. The second kappa shape index (κ2) is 55.4. The average Bonchev–Trinajstić information content (AvgIpc) is 3.33. The van der Waals surface area contributed by atoms with Crippen molar-refractivity contribution in [2.45, 2.75) is 284 Å². The Morgan fingerprint density at radius 1 is 0.313 bits per heavy atom. The standard InChI is InChI=1S/C61H106O6/c1-4-7-10-13-16-19-22-24-26-28-30-32-34-36-39-42-45-48-51-54-60(63)66-57-58(56-65-59(62)53-50-47-44-41-38-21-18-15-12-9-6-3)67-61(64)55-52-49-46-43-40-37-35-33-31-29-27-25-23-20-17-14-11-8-5-2/h7,10,15-16,18-19,24-27,30,32,58H,4-6,8-9,11-14,17,20-23,28-29,31,33-57H2,1-3H3/b10-7-,18-15-,19-16-,26-24-,27-25-,32-30-. The molecule has 0 spiro atoms. The Morgan fingerprint density at radius 3 is 0.970 bits per heavy atom. The summed E-state index contributed by atoms with van der Waals surface area (Å²) in [5.41, 5.74) is 0. The Kier molecular flexibility index (Phi) is 52.8. The lowest BCUT2D eigenvalue weighted by Crippen LogP contribution is -2.30. The summed E-state index contributed by atoms with van der Waals surface area (Å²) in [5, 5.41) is 0. The number of allylic oxidation sites excluding steroid dienone is 12. The van der Waals surface area contributed by atoms with Gasteiger partial charge in [0, 0.05) is 19.3 Å². The molecule has 0 aliphatic rings. The van der Waals surface area contributed by atoms with Crippen molar-refractivity contribution in [1.82, 2.24) is 0 Å². The Morgan fingerprint density at radius 2 is 0.597 bits per heavy atom. The van der Waals surface area contributed by atoms with E-state index in [1.165, 1.54) is 141 Å². The van der Waals surface area contributed by atoms with Gasteiger partial charge in [0.05, 0.1) is 0 Å². The third-order valence-electron chi connectivity index (χ3n) is 12.2. The van der Waals surface area contributed by atoms with Crippen LogP contribution in [-0.2, 0) is 28.6 Å². The molecule has 386 valence electrons. The van der Waals surface area contributed by atoms with Crippen molar-refractivity contribution in [1.29, 1.82) is 0 Å². The first-order valence-corrected chi connectivity index (χ1v) is 28.4. The molecule has 0 aromatic carbocycles. The van der Waals surface area contributed by atoms with E-state index in [4.69, 9.17) is 14.2 Å². The van der Waals surface area contributed by atoms with Crippen LogP contribution < -0.4 is 0 Å². The third kappa shape index (κ3) is 53.7. The van der Waals surface area contributed by atoms with Crippen LogP contribution in [0.1, 0.15) is 278 Å². The van der Waals surface area contributed by atoms with Gasteiger partial charge >= 0.3 is 17.9 Å². The van der Waals surface area contributed by atoms with Crippen molar-refractivity contribution >= 4 is 17.9 Å². The molecule has 0 rings (SSSR count). The molecule has 0 aliphatic carbocycles. The van der Waals surface area contributed by atoms with Gasteiger partial charge in [0.15, 0.2) is 6.10 Å². The van der Waals surface area contributed by atoms with E-state index < -0.39 is 6.10 Å². The highest BCUT2D eigenvalue weighted by atomic mass is 16.6. The third-order valence-corrected chi connectivity index (χ3v) is 12.2. The Labute approximate surface area is 414 Å². The molecule has 0 amide bonds. The minimum Gasteiger partial charge on any atom is -0.462 e. The molecular formula is C61H106O6. The van der Waals surface area contributed by atoms with Crippen molar-refractivity contribution < 1.29 is 28.6 Å². The van der Waals surface area contributed by atoms with Gasteiger partial charge in [-0.3, -0.25) is 14.4 Å². The van der Waals surface area contributed by atoms with Gasteiger partial charge in [-0.1, -0.05) is 229 Å². The summed E-state index contributed by atoms with van der Waals surface area (Å²) in [5.74, 6) is -0.903. The van der Waals surface area contributed by atoms with E-state index in [0.29, 0.717) is 19.3 Å². The molecule has 0 fully saturated rings. The van der Waals surface area contributed by atoms with Crippen LogP contribution in [0.4, 0.5) is 0 Å². The van der Waals surface area contributed by atoms with Crippen LogP contribution >= 0.6 is 0 Å². The van der Waals surface area contributed by atoms with Crippen molar-refractivity contribution in [2.24, 2.45) is 0 Å². The predicted octanol–water partition coefficient (Wildman–Crippen LogP) is 19.0. The fourth-order valence-electron chi connectivity index (χ4n) is 7.88. The molecule has 0 N–H and O–H groups in total. The zero-order valence-corrected chi connectivity index (χ0v) is 44.2. The van der Waals surface area contributed by atoms with Crippen LogP contribution in [0.5, 0.6) is 0 Å². The largest absolute Gasteiger partial charge is 0.462 e. The number of esters is 3. The quantitative estimate of drug-likeness (QED) is 0.0262. The molecule has 1 atom stereocenters. The lowest BCUT2D eigenvalue weighted by molar-refractivity contribution is -0.167. The van der Waals surface area contributed by atoms with E-state index in [-0.39, 0.29) is 31.1 Å². The number of carbonyl (C=O) groups excluding carboxylic acids is 3. The minimum atomic E-state index is -0.785. The van der Waals surface area contributed by atoms with Crippen LogP contribution in [0, 0.1) is 0 Å². The fourth-order valence-corrected chi connectivity index (χ4v) is 7.88. The van der Waals surface area contributed by atoms with Crippen LogP contribution in [0.15, 0.2) is 72.9 Å². The topological polar surface area (TPSA) is 78.9 Å². The lowest BCUT2D eigenvalue weighted by atomic mass is 10.1. The van der Waals surface area contributed by atoms with Crippen LogP contribution in [-0.4, -0.2) is 37.2 Å². The van der Waals surface area contributed by atoms with E-state index in [1.807, 2.05) is 0 Å². The number of carbonyl (C=O) groups is 3. The molecule has 6 nitrogen and oxygen atoms in total. The van der Waals surface area contributed by atoms with Crippen LogP contribution in [0.25, 0.3) is 0 Å². The summed E-state index contributed by atoms with van der Waals surface area (Å²) in [7, 11) is 0. The minimum absolute atomic E-state index is 0.0847. The first-order chi connectivity index (χ1) is 33.0. The van der Waals surface area contributed by atoms with Gasteiger partial charge in [-0.25, -0.2) is 0 Å². The van der Waals surface area contributed by atoms with Gasteiger partial charge in [-0.05, 0) is 103 Å². The second-order valence-electron chi connectivity index (χ2n) is 18.8. The number of unbranched alkanes of at least 4 members (excludes halogenated alkanes) is 28. The highest BCUT2D eigenvalue weighted by molar-refractivity contribution is 5.71. The van der Waals surface area contributed by atoms with Crippen molar-refractivity contribution in [3.05, 3.63) is 72.9 Å². The molecule has 1 unspecified atom stereocenters. The summed E-state index contributed by atoms with van der Waals surface area (Å²) >= 11 is 0.